The molecule has 2 aromatic carbocycles. The third kappa shape index (κ3) is 3.93. The fraction of sp³-hybridized carbons (Fsp3) is 0.308. The average molecular weight is 447 g/mol. The van der Waals surface area contributed by atoms with Gasteiger partial charge in [0.25, 0.3) is 11.8 Å². The summed E-state index contributed by atoms with van der Waals surface area (Å²) in [4.78, 5) is 36.0. The molecule has 33 heavy (non-hydrogen) atoms. The van der Waals surface area contributed by atoms with Crippen LogP contribution in [-0.2, 0) is 16.0 Å². The molecule has 2 amide bonds. The van der Waals surface area contributed by atoms with Crippen LogP contribution in [0.25, 0.3) is 16.5 Å². The highest BCUT2D eigenvalue weighted by Crippen LogP contribution is 2.33. The SMILES string of the molecule is CCN1CCN(C2=C(c3ccc(F)cc3)C(=O)N(CCc3c[nH]c4ccccc34)C2=O)CC1. The van der Waals surface area contributed by atoms with Gasteiger partial charge in [-0.3, -0.25) is 14.5 Å². The van der Waals surface area contributed by atoms with Crippen molar-refractivity contribution in [3.05, 3.63) is 77.4 Å². The van der Waals surface area contributed by atoms with Gasteiger partial charge in [-0.25, -0.2) is 4.39 Å². The Balaban J connectivity index is 1.44. The van der Waals surface area contributed by atoms with Crippen LogP contribution >= 0.6 is 0 Å². The van der Waals surface area contributed by atoms with Crippen molar-refractivity contribution in [3.63, 3.8) is 0 Å². The summed E-state index contributed by atoms with van der Waals surface area (Å²) in [5.41, 5.74) is 3.51. The van der Waals surface area contributed by atoms with Gasteiger partial charge in [-0.15, -0.1) is 0 Å². The molecule has 1 saturated heterocycles. The Hall–Kier alpha value is -3.45. The van der Waals surface area contributed by atoms with Crippen molar-refractivity contribution in [1.29, 1.82) is 0 Å². The lowest BCUT2D eigenvalue weighted by Crippen LogP contribution is -2.47. The Morgan fingerprint density at radius 1 is 0.939 bits per heavy atom. The molecule has 0 unspecified atom stereocenters. The van der Waals surface area contributed by atoms with Crippen LogP contribution in [0, 0.1) is 5.82 Å². The maximum atomic E-state index is 13.6. The molecule has 6 nitrogen and oxygen atoms in total. The smallest absolute Gasteiger partial charge is 0.277 e. The number of para-hydroxylation sites is 1. The topological polar surface area (TPSA) is 59.6 Å². The first kappa shape index (κ1) is 21.4. The van der Waals surface area contributed by atoms with Crippen LogP contribution < -0.4 is 0 Å². The highest BCUT2D eigenvalue weighted by atomic mass is 19.1. The zero-order chi connectivity index (χ0) is 22.9. The lowest BCUT2D eigenvalue weighted by Gasteiger charge is -2.36. The van der Waals surface area contributed by atoms with Crippen molar-refractivity contribution in [2.45, 2.75) is 13.3 Å². The third-order valence-electron chi connectivity index (χ3n) is 6.69. The highest BCUT2D eigenvalue weighted by Gasteiger charge is 2.41. The second-order valence-electron chi connectivity index (χ2n) is 8.52. The van der Waals surface area contributed by atoms with Gasteiger partial charge >= 0.3 is 0 Å². The highest BCUT2D eigenvalue weighted by molar-refractivity contribution is 6.35. The van der Waals surface area contributed by atoms with Crippen molar-refractivity contribution >= 4 is 28.3 Å². The lowest BCUT2D eigenvalue weighted by molar-refractivity contribution is -0.137. The van der Waals surface area contributed by atoms with E-state index in [9.17, 15) is 14.0 Å². The number of imide groups is 1. The molecule has 1 N–H and O–H groups in total. The van der Waals surface area contributed by atoms with E-state index in [1.54, 1.807) is 12.1 Å². The summed E-state index contributed by atoms with van der Waals surface area (Å²) < 4.78 is 13.6. The Morgan fingerprint density at radius 2 is 1.67 bits per heavy atom. The van der Waals surface area contributed by atoms with E-state index in [0.29, 0.717) is 42.9 Å². The van der Waals surface area contributed by atoms with Crippen molar-refractivity contribution in [2.24, 2.45) is 0 Å². The van der Waals surface area contributed by atoms with Crippen molar-refractivity contribution in [3.8, 4) is 0 Å². The van der Waals surface area contributed by atoms with Crippen molar-refractivity contribution < 1.29 is 14.0 Å². The van der Waals surface area contributed by atoms with Crippen LogP contribution in [0.1, 0.15) is 18.1 Å². The van der Waals surface area contributed by atoms with Crippen molar-refractivity contribution in [2.75, 3.05) is 39.3 Å². The van der Waals surface area contributed by atoms with Gasteiger partial charge in [0, 0.05) is 49.8 Å². The van der Waals surface area contributed by atoms with E-state index in [-0.39, 0.29) is 17.6 Å². The molecule has 0 atom stereocenters. The normalized spacial score (nSPS) is 17.6. The lowest BCUT2D eigenvalue weighted by atomic mass is 10.0. The first-order chi connectivity index (χ1) is 16.1. The van der Waals surface area contributed by atoms with E-state index in [2.05, 4.69) is 16.8 Å². The number of carbonyl (C=O) groups is 2. The molecule has 3 heterocycles. The van der Waals surface area contributed by atoms with Gasteiger partial charge in [0.2, 0.25) is 0 Å². The van der Waals surface area contributed by atoms with Gasteiger partial charge in [-0.1, -0.05) is 37.3 Å². The Bertz CT molecular complexity index is 1220. The molecule has 0 saturated carbocycles. The minimum absolute atomic E-state index is 0.260. The summed E-state index contributed by atoms with van der Waals surface area (Å²) in [6.45, 7) is 6.42. The summed E-state index contributed by atoms with van der Waals surface area (Å²) in [6, 6.07) is 13.8. The standard InChI is InChI=1S/C26H27FN4O2/c1-2-29-13-15-30(16-14-29)24-23(18-7-9-20(27)10-8-18)25(32)31(26(24)33)12-11-19-17-28-22-6-4-3-5-21(19)22/h3-10,17,28H,2,11-16H2,1H3. The largest absolute Gasteiger partial charge is 0.364 e. The molecule has 0 bridgehead atoms. The predicted octanol–water partition coefficient (Wildman–Crippen LogP) is 3.27. The molecule has 5 rings (SSSR count). The van der Waals surface area contributed by atoms with Gasteiger partial charge in [-0.2, -0.15) is 0 Å². The zero-order valence-electron chi connectivity index (χ0n) is 18.7. The van der Waals surface area contributed by atoms with E-state index < -0.39 is 0 Å². The number of H-pyrrole nitrogens is 1. The number of rotatable bonds is 6. The second-order valence-corrected chi connectivity index (χ2v) is 8.52. The van der Waals surface area contributed by atoms with Gasteiger partial charge < -0.3 is 14.8 Å². The van der Waals surface area contributed by atoms with E-state index in [0.717, 1.165) is 36.1 Å². The number of aromatic amines is 1. The number of hydrogen-bond donors (Lipinski definition) is 1. The second kappa shape index (κ2) is 8.83. The third-order valence-corrected chi connectivity index (χ3v) is 6.69. The van der Waals surface area contributed by atoms with E-state index in [1.807, 2.05) is 35.4 Å². The fourth-order valence-electron chi connectivity index (χ4n) is 4.79. The number of piperazine rings is 1. The number of nitrogens with one attached hydrogen (secondary N) is 1. The number of benzene rings is 2. The molecule has 0 spiro atoms. The predicted molar refractivity (Wildman–Crippen MR) is 126 cm³/mol. The molecule has 0 aliphatic carbocycles. The molecule has 1 fully saturated rings. The minimum atomic E-state index is -0.370. The maximum absolute atomic E-state index is 13.6. The van der Waals surface area contributed by atoms with E-state index >= 15 is 0 Å². The maximum Gasteiger partial charge on any atom is 0.277 e. The van der Waals surface area contributed by atoms with Crippen molar-refractivity contribution in [1.82, 2.24) is 19.7 Å². The van der Waals surface area contributed by atoms with Gasteiger partial charge in [0.05, 0.1) is 5.57 Å². The molecule has 1 aromatic heterocycles. The summed E-state index contributed by atoms with van der Waals surface area (Å²) in [6.07, 6.45) is 2.50. The minimum Gasteiger partial charge on any atom is -0.364 e. The average Bonchev–Trinajstić information content (AvgIpc) is 3.36. The molecule has 7 heteroatoms. The van der Waals surface area contributed by atoms with E-state index in [1.165, 1.54) is 17.0 Å². The fourth-order valence-corrected chi connectivity index (χ4v) is 4.79. The number of carbonyl (C=O) groups excluding carboxylic acids is 2. The van der Waals surface area contributed by atoms with Crippen LogP contribution in [0.15, 0.2) is 60.4 Å². The molecule has 2 aliphatic heterocycles. The summed E-state index contributed by atoms with van der Waals surface area (Å²) in [7, 11) is 0. The molecule has 0 radical (unpaired) electrons. The Kier molecular flexibility index (Phi) is 5.72. The number of fused-ring (bicyclic) bond motifs is 1. The van der Waals surface area contributed by atoms with Crippen LogP contribution in [-0.4, -0.2) is 70.8 Å². The van der Waals surface area contributed by atoms with E-state index in [4.69, 9.17) is 0 Å². The number of aromatic nitrogens is 1. The first-order valence-electron chi connectivity index (χ1n) is 11.5. The summed E-state index contributed by atoms with van der Waals surface area (Å²) in [5, 5.41) is 1.10. The monoisotopic (exact) mass is 446 g/mol. The summed E-state index contributed by atoms with van der Waals surface area (Å²) >= 11 is 0. The molecular formula is C26H27FN4O2. The Labute approximate surface area is 192 Å². The van der Waals surface area contributed by atoms with Crippen LogP contribution in [0.4, 0.5) is 4.39 Å². The zero-order valence-corrected chi connectivity index (χ0v) is 18.7. The van der Waals surface area contributed by atoms with Crippen LogP contribution in [0.3, 0.4) is 0 Å². The number of nitrogens with zero attached hydrogens (tertiary/aromatic N) is 3. The number of amides is 2. The molecular weight excluding hydrogens is 419 g/mol. The quantitative estimate of drug-likeness (QED) is 0.591. The number of hydrogen-bond acceptors (Lipinski definition) is 4. The van der Waals surface area contributed by atoms with Gasteiger partial charge in [0.1, 0.15) is 11.5 Å². The molecule has 3 aromatic rings. The molecule has 170 valence electrons. The first-order valence-corrected chi connectivity index (χ1v) is 11.5. The van der Waals surface area contributed by atoms with Gasteiger partial charge in [0.15, 0.2) is 0 Å². The Morgan fingerprint density at radius 3 is 2.39 bits per heavy atom. The number of halogens is 1. The van der Waals surface area contributed by atoms with Crippen LogP contribution in [0.5, 0.6) is 0 Å². The van der Waals surface area contributed by atoms with Crippen LogP contribution in [0.2, 0.25) is 0 Å². The molecule has 2 aliphatic rings. The summed E-state index contributed by atoms with van der Waals surface area (Å²) in [5.74, 6) is -0.936. The number of likely N-dealkylation sites (N-methyl/N-ethyl adjacent to an activating group) is 1. The van der Waals surface area contributed by atoms with Gasteiger partial charge in [-0.05, 0) is 42.3 Å².